The molecular formula is C45H53FN6O3. The standard InChI is InChI=1S/C18H18N2O2.C17H23FN2O.C10H12N2/c1-12-2-7-17-16(10-12)14(11-20-17)8-9-19-18(22)13-3-5-15(21)6-4-13;1-4-17(21)20-10-9-19(12-14(20)3)8-7-15-6-5-13(2)16(18)11-15;11-6-5-8-7-12-10-4-2-1-3-9(8)10/h2-7,10-11,20-21H,8-9H2,1H3,(H,19,22);4-6,11,14H,1,7-10,12H2,2-3H3;1-4,7,12H,5-6,11H2/t;14-;/m.1./s1. The summed E-state index contributed by atoms with van der Waals surface area (Å²) in [5.74, 6) is -0.105. The van der Waals surface area contributed by atoms with Crippen LogP contribution in [-0.2, 0) is 24.1 Å². The minimum atomic E-state index is -0.137. The third-order valence-electron chi connectivity index (χ3n) is 9.94. The van der Waals surface area contributed by atoms with Crippen molar-refractivity contribution in [3.8, 4) is 5.75 Å². The summed E-state index contributed by atoms with van der Waals surface area (Å²) < 4.78 is 13.5. The van der Waals surface area contributed by atoms with Crippen LogP contribution in [0.3, 0.4) is 0 Å². The van der Waals surface area contributed by atoms with Gasteiger partial charge < -0.3 is 31.0 Å². The van der Waals surface area contributed by atoms with Gasteiger partial charge in [-0.2, -0.15) is 0 Å². The Bertz CT molecular complexity index is 2190. The van der Waals surface area contributed by atoms with Gasteiger partial charge in [0.05, 0.1) is 0 Å². The molecule has 0 saturated carbocycles. The lowest BCUT2D eigenvalue weighted by Crippen LogP contribution is -2.53. The summed E-state index contributed by atoms with van der Waals surface area (Å²) in [7, 11) is 0. The van der Waals surface area contributed by atoms with Crippen molar-refractivity contribution in [2.75, 3.05) is 39.3 Å². The Morgan fingerprint density at radius 2 is 1.62 bits per heavy atom. The summed E-state index contributed by atoms with van der Waals surface area (Å²) in [6.45, 7) is 14.1. The van der Waals surface area contributed by atoms with Gasteiger partial charge in [-0.15, -0.1) is 0 Å². The Balaban J connectivity index is 0.000000165. The van der Waals surface area contributed by atoms with Crippen LogP contribution < -0.4 is 11.1 Å². The van der Waals surface area contributed by atoms with E-state index in [1.807, 2.05) is 35.5 Å². The molecule has 288 valence electrons. The number of carbonyl (C=O) groups excluding carboxylic acids is 2. The number of aromatic hydroxyl groups is 1. The number of carbonyl (C=O) groups is 2. The van der Waals surface area contributed by atoms with Crippen molar-refractivity contribution in [1.82, 2.24) is 25.1 Å². The van der Waals surface area contributed by atoms with Crippen molar-refractivity contribution in [2.45, 2.75) is 46.1 Å². The Labute approximate surface area is 323 Å². The second kappa shape index (κ2) is 19.6. The Hall–Kier alpha value is -5.71. The predicted molar refractivity (Wildman–Crippen MR) is 221 cm³/mol. The molecule has 10 heteroatoms. The molecule has 1 aliphatic rings. The predicted octanol–water partition coefficient (Wildman–Crippen LogP) is 7.22. The highest BCUT2D eigenvalue weighted by Crippen LogP contribution is 2.20. The van der Waals surface area contributed by atoms with Gasteiger partial charge in [-0.1, -0.05) is 48.5 Å². The molecule has 0 spiro atoms. The van der Waals surface area contributed by atoms with Gasteiger partial charge in [0.1, 0.15) is 11.6 Å². The van der Waals surface area contributed by atoms with Crippen molar-refractivity contribution in [1.29, 1.82) is 0 Å². The third kappa shape index (κ3) is 11.2. The zero-order valence-electron chi connectivity index (χ0n) is 32.1. The van der Waals surface area contributed by atoms with Crippen LogP contribution >= 0.6 is 0 Å². The molecule has 55 heavy (non-hydrogen) atoms. The number of rotatable bonds is 10. The Kier molecular flexibility index (Phi) is 14.4. The molecule has 7 rings (SSSR count). The summed E-state index contributed by atoms with van der Waals surface area (Å²) in [6.07, 6.45) is 7.96. The molecule has 6 N–H and O–H groups in total. The molecule has 9 nitrogen and oxygen atoms in total. The van der Waals surface area contributed by atoms with Crippen molar-refractivity contribution < 1.29 is 19.1 Å². The van der Waals surface area contributed by atoms with Crippen LogP contribution in [-0.4, -0.2) is 82.0 Å². The first-order chi connectivity index (χ1) is 26.6. The maximum Gasteiger partial charge on any atom is 0.251 e. The van der Waals surface area contributed by atoms with E-state index in [0.717, 1.165) is 56.5 Å². The summed E-state index contributed by atoms with van der Waals surface area (Å²) in [5.41, 5.74) is 13.8. The van der Waals surface area contributed by atoms with Crippen LogP contribution in [0.15, 0.2) is 110 Å². The highest BCUT2D eigenvalue weighted by molar-refractivity contribution is 5.94. The number of hydrogen-bond donors (Lipinski definition) is 5. The number of aromatic nitrogens is 2. The van der Waals surface area contributed by atoms with Crippen molar-refractivity contribution >= 4 is 33.6 Å². The number of fused-ring (bicyclic) bond motifs is 2. The van der Waals surface area contributed by atoms with Crippen molar-refractivity contribution in [2.24, 2.45) is 5.73 Å². The first-order valence-electron chi connectivity index (χ1n) is 18.9. The number of phenolic OH excluding ortho intramolecular Hbond substituents is 1. The zero-order valence-corrected chi connectivity index (χ0v) is 32.1. The van der Waals surface area contributed by atoms with Crippen LogP contribution in [0.2, 0.25) is 0 Å². The lowest BCUT2D eigenvalue weighted by Gasteiger charge is -2.39. The average molecular weight is 745 g/mol. The first kappa shape index (κ1) is 40.5. The molecule has 2 amide bonds. The molecule has 0 bridgehead atoms. The number of benzene rings is 4. The van der Waals surface area contributed by atoms with Crippen LogP contribution in [0.25, 0.3) is 21.8 Å². The Morgan fingerprint density at radius 1 is 0.909 bits per heavy atom. The van der Waals surface area contributed by atoms with Gasteiger partial charge in [-0.3, -0.25) is 14.5 Å². The molecule has 0 unspecified atom stereocenters. The van der Waals surface area contributed by atoms with Crippen LogP contribution in [0, 0.1) is 19.7 Å². The molecule has 1 fully saturated rings. The number of nitrogens with zero attached hydrogens (tertiary/aromatic N) is 2. The molecule has 3 heterocycles. The molecule has 4 aromatic carbocycles. The Morgan fingerprint density at radius 3 is 2.31 bits per heavy atom. The average Bonchev–Trinajstić information content (AvgIpc) is 3.79. The topological polar surface area (TPSA) is 130 Å². The number of hydrogen-bond acceptors (Lipinski definition) is 5. The lowest BCUT2D eigenvalue weighted by atomic mass is 10.1. The molecule has 1 aliphatic heterocycles. The van der Waals surface area contributed by atoms with Crippen LogP contribution in [0.4, 0.5) is 4.39 Å². The molecule has 0 aliphatic carbocycles. The number of piperazine rings is 1. The number of aromatic amines is 2. The SMILES string of the molecule is C=CC(=O)N1CCN(CCc2ccc(C)c(F)c2)C[C@H]1C.Cc1ccc2[nH]cc(CCNC(=O)c3ccc(O)cc3)c2c1.NCCc1c[nH]c2ccccc12. The molecule has 0 radical (unpaired) electrons. The summed E-state index contributed by atoms with van der Waals surface area (Å²) in [4.78, 5) is 34.3. The monoisotopic (exact) mass is 744 g/mol. The summed E-state index contributed by atoms with van der Waals surface area (Å²) in [6, 6.07) is 26.5. The fourth-order valence-corrected chi connectivity index (χ4v) is 6.78. The minimum Gasteiger partial charge on any atom is -0.508 e. The highest BCUT2D eigenvalue weighted by Gasteiger charge is 2.25. The van der Waals surface area contributed by atoms with Crippen LogP contribution in [0.5, 0.6) is 5.75 Å². The number of para-hydroxylation sites is 1. The number of halogens is 1. The summed E-state index contributed by atoms with van der Waals surface area (Å²) >= 11 is 0. The number of phenols is 1. The maximum absolute atomic E-state index is 13.5. The maximum atomic E-state index is 13.5. The van der Waals surface area contributed by atoms with E-state index in [-0.39, 0.29) is 29.4 Å². The van der Waals surface area contributed by atoms with E-state index >= 15 is 0 Å². The van der Waals surface area contributed by atoms with Gasteiger partial charge in [0, 0.05) is 78.5 Å². The molecular weight excluding hydrogens is 692 g/mol. The van der Waals surface area contributed by atoms with E-state index in [2.05, 4.69) is 77.0 Å². The number of H-pyrrole nitrogens is 2. The van der Waals surface area contributed by atoms with E-state index in [4.69, 9.17) is 5.73 Å². The largest absolute Gasteiger partial charge is 0.508 e. The number of nitrogens with one attached hydrogen (secondary N) is 3. The quantitative estimate of drug-likeness (QED) is 0.0947. The van der Waals surface area contributed by atoms with E-state index < -0.39 is 0 Å². The number of aryl methyl sites for hydroxylation is 2. The molecule has 2 aromatic heterocycles. The zero-order chi connectivity index (χ0) is 39.3. The van der Waals surface area contributed by atoms with E-state index in [0.29, 0.717) is 24.2 Å². The van der Waals surface area contributed by atoms with E-state index in [1.54, 1.807) is 25.1 Å². The smallest absolute Gasteiger partial charge is 0.251 e. The van der Waals surface area contributed by atoms with E-state index in [9.17, 15) is 19.1 Å². The molecule has 1 atom stereocenters. The van der Waals surface area contributed by atoms with Gasteiger partial charge in [-0.25, -0.2) is 4.39 Å². The lowest BCUT2D eigenvalue weighted by molar-refractivity contribution is -0.130. The van der Waals surface area contributed by atoms with Gasteiger partial charge in [0.2, 0.25) is 5.91 Å². The third-order valence-corrected chi connectivity index (χ3v) is 9.94. The molecule has 1 saturated heterocycles. The van der Waals surface area contributed by atoms with E-state index in [1.165, 1.54) is 51.2 Å². The summed E-state index contributed by atoms with van der Waals surface area (Å²) in [5, 5.41) is 14.6. The van der Waals surface area contributed by atoms with Crippen molar-refractivity contribution in [3.63, 3.8) is 0 Å². The highest BCUT2D eigenvalue weighted by atomic mass is 19.1. The normalized spacial score (nSPS) is 14.1. The fraction of sp³-hybridized carbons (Fsp3) is 0.289. The van der Waals surface area contributed by atoms with Crippen molar-refractivity contribution in [3.05, 3.63) is 149 Å². The van der Waals surface area contributed by atoms with Crippen LogP contribution in [0.1, 0.15) is 45.1 Å². The van der Waals surface area contributed by atoms with Gasteiger partial charge in [0.25, 0.3) is 5.91 Å². The number of nitrogens with two attached hydrogens (primary N) is 1. The molecule has 6 aromatic rings. The van der Waals surface area contributed by atoms with Gasteiger partial charge >= 0.3 is 0 Å². The second-order valence-corrected chi connectivity index (χ2v) is 14.0. The number of amides is 2. The fourth-order valence-electron chi connectivity index (χ4n) is 6.78. The first-order valence-corrected chi connectivity index (χ1v) is 18.9. The minimum absolute atomic E-state index is 0.00255. The van der Waals surface area contributed by atoms with Gasteiger partial charge in [0.15, 0.2) is 0 Å². The van der Waals surface area contributed by atoms with Gasteiger partial charge in [-0.05, 0) is 123 Å². The second-order valence-electron chi connectivity index (χ2n) is 14.0.